The predicted octanol–water partition coefficient (Wildman–Crippen LogP) is 0.641. The largest absolute Gasteiger partial charge is 0.368 e. The van der Waals surface area contributed by atoms with E-state index in [2.05, 4.69) is 9.98 Å². The zero-order valence-corrected chi connectivity index (χ0v) is 14.4. The van der Waals surface area contributed by atoms with Gasteiger partial charge in [-0.2, -0.15) is 4.99 Å². The van der Waals surface area contributed by atoms with Crippen molar-refractivity contribution in [3.05, 3.63) is 0 Å². The first-order valence-corrected chi connectivity index (χ1v) is 9.00. The minimum absolute atomic E-state index is 0.111. The van der Waals surface area contributed by atoms with E-state index in [1.807, 2.05) is 9.80 Å². The van der Waals surface area contributed by atoms with Crippen molar-refractivity contribution in [2.75, 3.05) is 32.8 Å². The van der Waals surface area contributed by atoms with Crippen LogP contribution >= 0.6 is 0 Å². The van der Waals surface area contributed by atoms with Crippen molar-refractivity contribution in [2.24, 2.45) is 21.8 Å². The lowest BCUT2D eigenvalue weighted by Crippen LogP contribution is -2.43. The fourth-order valence-corrected chi connectivity index (χ4v) is 4.19. The molecule has 0 N–H and O–H groups in total. The zero-order chi connectivity index (χ0) is 17.6. The number of hydrogen-bond acceptors (Lipinski definition) is 5. The number of alkyl halides is 1. The fraction of sp³-hybridized carbons (Fsp3) is 0.765. The van der Waals surface area contributed by atoms with Gasteiger partial charge in [0.25, 0.3) is 11.8 Å². The fourth-order valence-electron chi connectivity index (χ4n) is 4.19. The average Bonchev–Trinajstić information content (AvgIpc) is 3.18. The highest BCUT2D eigenvalue weighted by Gasteiger charge is 2.44. The number of fused-ring (bicyclic) bond motifs is 1. The second kappa shape index (κ2) is 6.48. The highest BCUT2D eigenvalue weighted by molar-refractivity contribution is 6.16. The average molecular weight is 350 g/mol. The number of nitrogens with zero attached hydrogens (tertiary/aromatic N) is 4. The van der Waals surface area contributed by atoms with Gasteiger partial charge in [-0.3, -0.25) is 9.59 Å². The van der Waals surface area contributed by atoms with Crippen molar-refractivity contribution in [3.63, 3.8) is 0 Å². The SMILES string of the molecule is CC1=NC(N2CC3CN(C(=O)C4CCCCO4)CC3C2)=NC(=O)C1F. The molecule has 3 fully saturated rings. The molecule has 4 rings (SSSR count). The van der Waals surface area contributed by atoms with Gasteiger partial charge in [-0.25, -0.2) is 9.38 Å². The molecule has 4 unspecified atom stereocenters. The number of amides is 2. The van der Waals surface area contributed by atoms with Gasteiger partial charge in [-0.05, 0) is 26.2 Å². The van der Waals surface area contributed by atoms with E-state index < -0.39 is 12.1 Å². The van der Waals surface area contributed by atoms with E-state index in [4.69, 9.17) is 4.74 Å². The van der Waals surface area contributed by atoms with Gasteiger partial charge in [0, 0.05) is 44.6 Å². The Hall–Kier alpha value is -1.83. The van der Waals surface area contributed by atoms with Crippen molar-refractivity contribution in [2.45, 2.75) is 38.5 Å². The highest BCUT2D eigenvalue weighted by Crippen LogP contribution is 2.33. The van der Waals surface area contributed by atoms with E-state index >= 15 is 0 Å². The summed E-state index contributed by atoms with van der Waals surface area (Å²) in [6, 6.07) is 0. The number of likely N-dealkylation sites (tertiary alicyclic amines) is 2. The summed E-state index contributed by atoms with van der Waals surface area (Å²) in [5.41, 5.74) is 0.165. The van der Waals surface area contributed by atoms with Crippen molar-refractivity contribution in [1.82, 2.24) is 9.80 Å². The molecule has 4 heterocycles. The van der Waals surface area contributed by atoms with Crippen molar-refractivity contribution in [3.8, 4) is 0 Å². The number of carbonyl (C=O) groups is 2. The Balaban J connectivity index is 1.37. The third-order valence-electron chi connectivity index (χ3n) is 5.61. The topological polar surface area (TPSA) is 74.6 Å². The Morgan fingerprint density at radius 2 is 1.88 bits per heavy atom. The summed E-state index contributed by atoms with van der Waals surface area (Å²) in [7, 11) is 0. The summed E-state index contributed by atoms with van der Waals surface area (Å²) in [5.74, 6) is 0.331. The van der Waals surface area contributed by atoms with Crippen LogP contribution in [0.5, 0.6) is 0 Å². The Kier molecular flexibility index (Phi) is 4.31. The quantitative estimate of drug-likeness (QED) is 0.696. The maximum Gasteiger partial charge on any atom is 0.289 e. The molecule has 0 aromatic carbocycles. The van der Waals surface area contributed by atoms with E-state index in [0.29, 0.717) is 50.6 Å². The van der Waals surface area contributed by atoms with Gasteiger partial charge in [0.1, 0.15) is 6.10 Å². The molecule has 0 bridgehead atoms. The van der Waals surface area contributed by atoms with Gasteiger partial charge in [-0.15, -0.1) is 0 Å². The molecule has 7 nitrogen and oxygen atoms in total. The molecule has 0 aliphatic carbocycles. The number of rotatable bonds is 1. The van der Waals surface area contributed by atoms with Crippen molar-refractivity contribution >= 4 is 23.5 Å². The molecule has 4 aliphatic rings. The van der Waals surface area contributed by atoms with Crippen LogP contribution in [0.15, 0.2) is 9.98 Å². The first-order valence-electron chi connectivity index (χ1n) is 9.00. The summed E-state index contributed by atoms with van der Waals surface area (Å²) in [6.07, 6.45) is 0.900. The molecular formula is C17H23FN4O3. The van der Waals surface area contributed by atoms with Gasteiger partial charge >= 0.3 is 0 Å². The standard InChI is InChI=1S/C17H23FN4O3/c1-10-14(18)15(23)20-17(19-10)22-8-11-6-21(7-12(11)9-22)16(24)13-4-2-3-5-25-13/h11-14H,2-9H2,1H3. The molecule has 0 aromatic rings. The Bertz CT molecular complexity index is 630. The molecule has 0 saturated carbocycles. The van der Waals surface area contributed by atoms with Crippen molar-refractivity contribution < 1.29 is 18.7 Å². The molecule has 4 aliphatic heterocycles. The summed E-state index contributed by atoms with van der Waals surface area (Å²) in [4.78, 5) is 36.0. The van der Waals surface area contributed by atoms with Gasteiger partial charge in [0.15, 0.2) is 0 Å². The molecule has 8 heteroatoms. The molecular weight excluding hydrogens is 327 g/mol. The number of carbonyl (C=O) groups excluding carboxylic acids is 2. The molecule has 0 aromatic heterocycles. The molecule has 25 heavy (non-hydrogen) atoms. The smallest absolute Gasteiger partial charge is 0.289 e. The second-order valence-electron chi connectivity index (χ2n) is 7.39. The van der Waals surface area contributed by atoms with E-state index in [9.17, 15) is 14.0 Å². The van der Waals surface area contributed by atoms with Crippen molar-refractivity contribution in [1.29, 1.82) is 0 Å². The van der Waals surface area contributed by atoms with Gasteiger partial charge in [0.05, 0.1) is 5.71 Å². The first-order chi connectivity index (χ1) is 12.0. The van der Waals surface area contributed by atoms with Crippen LogP contribution in [0.3, 0.4) is 0 Å². The van der Waals surface area contributed by atoms with E-state index in [1.165, 1.54) is 6.92 Å². The zero-order valence-electron chi connectivity index (χ0n) is 14.4. The molecule has 3 saturated heterocycles. The number of guanidine groups is 1. The number of ether oxygens (including phenoxy) is 1. The third-order valence-corrected chi connectivity index (χ3v) is 5.61. The second-order valence-corrected chi connectivity index (χ2v) is 7.39. The summed E-state index contributed by atoms with van der Waals surface area (Å²) < 4.78 is 19.1. The van der Waals surface area contributed by atoms with Crippen LogP contribution < -0.4 is 0 Å². The Morgan fingerprint density at radius 1 is 1.16 bits per heavy atom. The first kappa shape index (κ1) is 16.6. The molecule has 136 valence electrons. The summed E-state index contributed by atoms with van der Waals surface area (Å²) >= 11 is 0. The molecule has 2 amide bonds. The van der Waals surface area contributed by atoms with Gasteiger partial charge in [-0.1, -0.05) is 0 Å². The monoisotopic (exact) mass is 350 g/mol. The van der Waals surface area contributed by atoms with E-state index in [0.717, 1.165) is 19.3 Å². The molecule has 0 radical (unpaired) electrons. The normalized spacial score (nSPS) is 35.5. The Morgan fingerprint density at radius 3 is 2.48 bits per heavy atom. The lowest BCUT2D eigenvalue weighted by atomic mass is 10.0. The van der Waals surface area contributed by atoms with Crippen LogP contribution in [0.2, 0.25) is 0 Å². The third kappa shape index (κ3) is 3.07. The van der Waals surface area contributed by atoms with Gasteiger partial charge in [0.2, 0.25) is 12.1 Å². The summed E-state index contributed by atoms with van der Waals surface area (Å²) in [5, 5.41) is 0. The van der Waals surface area contributed by atoms with Crippen LogP contribution in [0.1, 0.15) is 26.2 Å². The maximum atomic E-state index is 13.5. The van der Waals surface area contributed by atoms with Crippen LogP contribution in [0, 0.1) is 11.8 Å². The number of halogens is 1. The lowest BCUT2D eigenvalue weighted by molar-refractivity contribution is -0.145. The number of aliphatic imine (C=N–C) groups is 2. The minimum Gasteiger partial charge on any atom is -0.368 e. The van der Waals surface area contributed by atoms with E-state index in [1.54, 1.807) is 0 Å². The molecule has 4 atom stereocenters. The lowest BCUT2D eigenvalue weighted by Gasteiger charge is -2.28. The van der Waals surface area contributed by atoms with Crippen LogP contribution in [-0.4, -0.2) is 78.3 Å². The highest BCUT2D eigenvalue weighted by atomic mass is 19.1. The van der Waals surface area contributed by atoms with E-state index in [-0.39, 0.29) is 17.7 Å². The van der Waals surface area contributed by atoms with Crippen LogP contribution in [0.25, 0.3) is 0 Å². The summed E-state index contributed by atoms with van der Waals surface area (Å²) in [6.45, 7) is 4.98. The Labute approximate surface area is 145 Å². The van der Waals surface area contributed by atoms with Gasteiger partial charge < -0.3 is 14.5 Å². The van der Waals surface area contributed by atoms with Crippen LogP contribution in [-0.2, 0) is 14.3 Å². The van der Waals surface area contributed by atoms with Crippen LogP contribution in [0.4, 0.5) is 4.39 Å². The maximum absolute atomic E-state index is 13.5. The molecule has 0 spiro atoms. The predicted molar refractivity (Wildman–Crippen MR) is 89.2 cm³/mol. The number of hydrogen-bond donors (Lipinski definition) is 0. The minimum atomic E-state index is -1.71.